The number of carbonyl (C=O) groups is 2. The highest BCUT2D eigenvalue weighted by Crippen LogP contribution is 2.56. The second kappa shape index (κ2) is 5.63. The van der Waals surface area contributed by atoms with Crippen LogP contribution in [-0.2, 0) is 9.59 Å². The van der Waals surface area contributed by atoms with E-state index in [0.717, 1.165) is 0 Å². The molecular formula is C15H22F4N2O2. The van der Waals surface area contributed by atoms with Crippen LogP contribution < -0.4 is 0 Å². The van der Waals surface area contributed by atoms with Gasteiger partial charge in [-0.2, -0.15) is 0 Å². The fourth-order valence-corrected chi connectivity index (χ4v) is 2.96. The molecule has 2 aliphatic rings. The summed E-state index contributed by atoms with van der Waals surface area (Å²) in [5.74, 6) is -11.5. The van der Waals surface area contributed by atoms with E-state index in [1.807, 2.05) is 0 Å². The normalized spacial score (nSPS) is 33.0. The Bertz CT molecular complexity index is 468. The summed E-state index contributed by atoms with van der Waals surface area (Å²) in [5.41, 5.74) is 0. The molecule has 0 aromatic carbocycles. The zero-order valence-electron chi connectivity index (χ0n) is 13.7. The van der Waals surface area contributed by atoms with Gasteiger partial charge in [0.2, 0.25) is 11.8 Å². The molecule has 4 atom stereocenters. The van der Waals surface area contributed by atoms with Crippen LogP contribution in [0.1, 0.15) is 20.3 Å². The van der Waals surface area contributed by atoms with Crippen molar-refractivity contribution in [1.82, 2.24) is 9.80 Å². The van der Waals surface area contributed by atoms with E-state index in [-0.39, 0.29) is 13.1 Å². The van der Waals surface area contributed by atoms with Gasteiger partial charge in [-0.3, -0.25) is 9.59 Å². The molecule has 4 nitrogen and oxygen atoms in total. The summed E-state index contributed by atoms with van der Waals surface area (Å²) < 4.78 is 52.8. The monoisotopic (exact) mass is 338 g/mol. The van der Waals surface area contributed by atoms with Crippen molar-refractivity contribution in [2.24, 2.45) is 23.7 Å². The number of hydrogen-bond acceptors (Lipinski definition) is 2. The summed E-state index contributed by atoms with van der Waals surface area (Å²) in [4.78, 5) is 26.1. The van der Waals surface area contributed by atoms with Gasteiger partial charge in [0, 0.05) is 39.0 Å². The molecule has 2 aliphatic carbocycles. The van der Waals surface area contributed by atoms with E-state index in [1.165, 1.54) is 37.7 Å². The zero-order valence-corrected chi connectivity index (χ0v) is 13.7. The Kier molecular flexibility index (Phi) is 4.41. The van der Waals surface area contributed by atoms with Gasteiger partial charge in [-0.25, -0.2) is 17.6 Å². The first-order valence-corrected chi connectivity index (χ1v) is 7.69. The molecule has 0 bridgehead atoms. The minimum absolute atomic E-state index is 0.201. The Labute approximate surface area is 132 Å². The molecule has 0 unspecified atom stereocenters. The molecule has 2 saturated carbocycles. The number of nitrogens with zero attached hydrogens (tertiary/aromatic N) is 2. The summed E-state index contributed by atoms with van der Waals surface area (Å²) in [7, 11) is 2.87. The molecule has 8 heteroatoms. The molecular weight excluding hydrogens is 316 g/mol. The number of hydrogen-bond donors (Lipinski definition) is 0. The molecule has 2 fully saturated rings. The highest BCUT2D eigenvalue weighted by Gasteiger charge is 2.70. The van der Waals surface area contributed by atoms with E-state index in [4.69, 9.17) is 0 Å². The van der Waals surface area contributed by atoms with Crippen molar-refractivity contribution in [1.29, 1.82) is 0 Å². The first kappa shape index (κ1) is 18.0. The summed E-state index contributed by atoms with van der Waals surface area (Å²) in [6, 6.07) is 0. The minimum Gasteiger partial charge on any atom is -0.345 e. The third-order valence-electron chi connectivity index (χ3n) is 5.10. The van der Waals surface area contributed by atoms with E-state index in [9.17, 15) is 27.2 Å². The molecule has 2 rings (SSSR count). The molecule has 0 N–H and O–H groups in total. The standard InChI is InChI=1S/C15H22F4N2O2/c1-8-10(14(8,16)17)12(22)20(3)6-5-7-21(4)13(23)11-9(2)15(11,18)19/h8-11H,5-7H2,1-4H3/t8-,9-,10-,11-/m1/s1. The average molecular weight is 338 g/mol. The topological polar surface area (TPSA) is 40.6 Å². The average Bonchev–Trinajstić information content (AvgIpc) is 3.16. The predicted octanol–water partition coefficient (Wildman–Crippen LogP) is 2.10. The fraction of sp³-hybridized carbons (Fsp3) is 0.867. The molecule has 0 radical (unpaired) electrons. The number of carbonyl (C=O) groups excluding carboxylic acids is 2. The Morgan fingerprint density at radius 2 is 1.09 bits per heavy atom. The summed E-state index contributed by atoms with van der Waals surface area (Å²) in [6.07, 6.45) is 0.351. The van der Waals surface area contributed by atoms with Crippen molar-refractivity contribution in [3.63, 3.8) is 0 Å². The van der Waals surface area contributed by atoms with E-state index in [1.54, 1.807) is 0 Å². The van der Waals surface area contributed by atoms with Crippen molar-refractivity contribution in [3.05, 3.63) is 0 Å². The highest BCUT2D eigenvalue weighted by molar-refractivity contribution is 5.84. The Balaban J connectivity index is 1.73. The van der Waals surface area contributed by atoms with Gasteiger partial charge >= 0.3 is 0 Å². The van der Waals surface area contributed by atoms with Gasteiger partial charge in [-0.1, -0.05) is 13.8 Å². The van der Waals surface area contributed by atoms with Crippen molar-refractivity contribution in [2.75, 3.05) is 27.2 Å². The summed E-state index contributed by atoms with van der Waals surface area (Å²) in [5, 5.41) is 0. The van der Waals surface area contributed by atoms with Crippen LogP contribution in [0, 0.1) is 23.7 Å². The molecule has 0 spiro atoms. The first-order valence-electron chi connectivity index (χ1n) is 7.69. The molecule has 23 heavy (non-hydrogen) atoms. The summed E-state index contributed by atoms with van der Waals surface area (Å²) in [6.45, 7) is 3.07. The van der Waals surface area contributed by atoms with Crippen LogP contribution >= 0.6 is 0 Å². The fourth-order valence-electron chi connectivity index (χ4n) is 2.96. The maximum atomic E-state index is 13.2. The molecule has 0 aliphatic heterocycles. The predicted molar refractivity (Wildman–Crippen MR) is 75.1 cm³/mol. The van der Waals surface area contributed by atoms with Crippen LogP contribution in [0.4, 0.5) is 17.6 Å². The van der Waals surface area contributed by atoms with Gasteiger partial charge in [0.1, 0.15) is 11.8 Å². The quantitative estimate of drug-likeness (QED) is 0.696. The van der Waals surface area contributed by atoms with E-state index >= 15 is 0 Å². The van der Waals surface area contributed by atoms with Gasteiger partial charge in [0.05, 0.1) is 0 Å². The van der Waals surface area contributed by atoms with Gasteiger partial charge in [-0.15, -0.1) is 0 Å². The van der Waals surface area contributed by atoms with Crippen LogP contribution in [0.5, 0.6) is 0 Å². The molecule has 132 valence electrons. The smallest absolute Gasteiger partial charge is 0.263 e. The van der Waals surface area contributed by atoms with Crippen LogP contribution in [-0.4, -0.2) is 60.6 Å². The third kappa shape index (κ3) is 3.04. The van der Waals surface area contributed by atoms with Gasteiger partial charge in [-0.05, 0) is 6.42 Å². The van der Waals surface area contributed by atoms with Crippen LogP contribution in [0.15, 0.2) is 0 Å². The largest absolute Gasteiger partial charge is 0.345 e. The highest BCUT2D eigenvalue weighted by atomic mass is 19.3. The second-order valence-corrected chi connectivity index (χ2v) is 6.75. The van der Waals surface area contributed by atoms with Crippen LogP contribution in [0.25, 0.3) is 0 Å². The number of alkyl halides is 4. The van der Waals surface area contributed by atoms with Crippen molar-refractivity contribution in [2.45, 2.75) is 32.1 Å². The SMILES string of the molecule is C[C@@H]1[C@H](C(=O)N(C)CCCN(C)C(=O)[C@H]2[C@@H](C)C2(F)F)C1(F)F. The molecule has 2 amide bonds. The Morgan fingerprint density at radius 3 is 1.30 bits per heavy atom. The van der Waals surface area contributed by atoms with Crippen molar-refractivity contribution in [3.8, 4) is 0 Å². The number of amides is 2. The van der Waals surface area contributed by atoms with E-state index in [0.29, 0.717) is 6.42 Å². The van der Waals surface area contributed by atoms with Gasteiger partial charge in [0.15, 0.2) is 0 Å². The lowest BCUT2D eigenvalue weighted by atomic mass is 10.2. The Hall–Kier alpha value is -1.34. The number of halogens is 4. The van der Waals surface area contributed by atoms with E-state index < -0.39 is 47.3 Å². The first-order chi connectivity index (χ1) is 10.4. The lowest BCUT2D eigenvalue weighted by Crippen LogP contribution is -2.35. The van der Waals surface area contributed by atoms with Gasteiger partial charge in [0.25, 0.3) is 11.8 Å². The molecule has 0 heterocycles. The lowest BCUT2D eigenvalue weighted by molar-refractivity contribution is -0.134. The van der Waals surface area contributed by atoms with Crippen LogP contribution in [0.2, 0.25) is 0 Å². The van der Waals surface area contributed by atoms with Gasteiger partial charge < -0.3 is 9.80 Å². The number of rotatable bonds is 6. The van der Waals surface area contributed by atoms with Crippen LogP contribution in [0.3, 0.4) is 0 Å². The maximum Gasteiger partial charge on any atom is 0.263 e. The minimum atomic E-state index is -2.94. The second-order valence-electron chi connectivity index (χ2n) is 6.75. The Morgan fingerprint density at radius 1 is 0.826 bits per heavy atom. The zero-order chi connectivity index (χ0) is 17.7. The molecule has 0 aromatic rings. The van der Waals surface area contributed by atoms with Crippen molar-refractivity contribution < 1.29 is 27.2 Å². The maximum absolute atomic E-state index is 13.2. The molecule has 0 saturated heterocycles. The van der Waals surface area contributed by atoms with Crippen molar-refractivity contribution >= 4 is 11.8 Å². The third-order valence-corrected chi connectivity index (χ3v) is 5.10. The summed E-state index contributed by atoms with van der Waals surface area (Å²) >= 11 is 0. The molecule has 0 aromatic heterocycles. The van der Waals surface area contributed by atoms with E-state index in [2.05, 4.69) is 0 Å². The lowest BCUT2D eigenvalue weighted by Gasteiger charge is -2.21.